The maximum atomic E-state index is 5.58. The molecule has 2 rings (SSSR count). The van der Waals surface area contributed by atoms with Gasteiger partial charge in [-0.2, -0.15) is 0 Å². The Bertz CT molecular complexity index is 326. The lowest BCUT2D eigenvalue weighted by Crippen LogP contribution is -2.07. The van der Waals surface area contributed by atoms with Gasteiger partial charge < -0.3 is 4.74 Å². The van der Waals surface area contributed by atoms with Gasteiger partial charge in [0.15, 0.2) is 0 Å². The first-order chi connectivity index (χ1) is 6.77. The van der Waals surface area contributed by atoms with E-state index in [2.05, 4.69) is 44.2 Å². The highest BCUT2D eigenvalue weighted by Gasteiger charge is 2.24. The van der Waals surface area contributed by atoms with E-state index in [1.165, 1.54) is 11.1 Å². The second kappa shape index (κ2) is 3.97. The van der Waals surface area contributed by atoms with Crippen LogP contribution in [0.15, 0.2) is 35.9 Å². The van der Waals surface area contributed by atoms with E-state index in [0.717, 1.165) is 6.61 Å². The van der Waals surface area contributed by atoms with E-state index in [4.69, 9.17) is 4.74 Å². The van der Waals surface area contributed by atoms with E-state index in [9.17, 15) is 0 Å². The van der Waals surface area contributed by atoms with Crippen molar-refractivity contribution >= 4 is 6.08 Å². The van der Waals surface area contributed by atoms with Gasteiger partial charge in [-0.25, -0.2) is 0 Å². The first-order valence-corrected chi connectivity index (χ1v) is 5.14. The Labute approximate surface area is 85.4 Å². The second-order valence-electron chi connectivity index (χ2n) is 3.93. The van der Waals surface area contributed by atoms with E-state index in [0.29, 0.717) is 12.0 Å². The Balaban J connectivity index is 2.20. The smallest absolute Gasteiger partial charge is 0.0687 e. The highest BCUT2D eigenvalue weighted by atomic mass is 16.5. The van der Waals surface area contributed by atoms with Gasteiger partial charge in [0.2, 0.25) is 0 Å². The number of benzene rings is 1. The van der Waals surface area contributed by atoms with E-state index in [1.54, 1.807) is 0 Å². The van der Waals surface area contributed by atoms with Crippen LogP contribution in [0.3, 0.4) is 0 Å². The predicted molar refractivity (Wildman–Crippen MR) is 59.0 cm³/mol. The maximum absolute atomic E-state index is 5.58. The molecule has 1 aromatic carbocycles. The minimum atomic E-state index is 0.366. The van der Waals surface area contributed by atoms with Crippen molar-refractivity contribution in [3.63, 3.8) is 0 Å². The Morgan fingerprint density at radius 2 is 1.93 bits per heavy atom. The summed E-state index contributed by atoms with van der Waals surface area (Å²) in [7, 11) is 0. The van der Waals surface area contributed by atoms with Crippen LogP contribution in [-0.4, -0.2) is 12.7 Å². The van der Waals surface area contributed by atoms with Crippen LogP contribution in [0.5, 0.6) is 0 Å². The van der Waals surface area contributed by atoms with Gasteiger partial charge >= 0.3 is 0 Å². The zero-order chi connectivity index (χ0) is 9.97. The minimum absolute atomic E-state index is 0.366. The average Bonchev–Trinajstić information content (AvgIpc) is 2.52. The van der Waals surface area contributed by atoms with Crippen molar-refractivity contribution in [2.75, 3.05) is 6.61 Å². The molecule has 1 aliphatic heterocycles. The Morgan fingerprint density at radius 3 is 2.50 bits per heavy atom. The molecule has 0 bridgehead atoms. The summed E-state index contributed by atoms with van der Waals surface area (Å²) in [4.78, 5) is 0. The molecule has 0 aromatic heterocycles. The standard InChI is InChI=1S/C13H16O/c1-10-11(2)14-9-13(10)8-12-6-4-3-5-7-12/h3-8,10-11H,9H2,1-2H3/b13-8+/t10-,11+/m1/s1. The minimum Gasteiger partial charge on any atom is -0.374 e. The first-order valence-electron chi connectivity index (χ1n) is 5.14. The van der Waals surface area contributed by atoms with E-state index >= 15 is 0 Å². The van der Waals surface area contributed by atoms with Crippen LogP contribution in [0, 0.1) is 5.92 Å². The van der Waals surface area contributed by atoms with E-state index in [-0.39, 0.29) is 0 Å². The molecule has 0 amide bonds. The molecule has 1 aliphatic rings. The van der Waals surface area contributed by atoms with Crippen molar-refractivity contribution < 1.29 is 4.74 Å². The Morgan fingerprint density at radius 1 is 1.21 bits per heavy atom. The van der Waals surface area contributed by atoms with Crippen LogP contribution in [-0.2, 0) is 4.74 Å². The van der Waals surface area contributed by atoms with Crippen LogP contribution >= 0.6 is 0 Å². The van der Waals surface area contributed by atoms with Gasteiger partial charge in [0, 0.05) is 5.92 Å². The lowest BCUT2D eigenvalue weighted by Gasteiger charge is -2.07. The normalized spacial score (nSPS) is 29.7. The molecular weight excluding hydrogens is 172 g/mol. The number of hydrogen-bond acceptors (Lipinski definition) is 1. The van der Waals surface area contributed by atoms with Crippen molar-refractivity contribution in [3.05, 3.63) is 41.5 Å². The van der Waals surface area contributed by atoms with Gasteiger partial charge in [0.05, 0.1) is 12.7 Å². The molecule has 0 saturated carbocycles. The molecule has 1 aromatic rings. The summed E-state index contributed by atoms with van der Waals surface area (Å²) in [5.74, 6) is 0.551. The average molecular weight is 188 g/mol. The van der Waals surface area contributed by atoms with Crippen LogP contribution in [0.2, 0.25) is 0 Å². The molecule has 0 N–H and O–H groups in total. The highest BCUT2D eigenvalue weighted by Crippen LogP contribution is 2.27. The quantitative estimate of drug-likeness (QED) is 0.658. The van der Waals surface area contributed by atoms with Gasteiger partial charge in [-0.15, -0.1) is 0 Å². The largest absolute Gasteiger partial charge is 0.374 e. The zero-order valence-corrected chi connectivity index (χ0v) is 8.73. The lowest BCUT2D eigenvalue weighted by atomic mass is 9.98. The number of rotatable bonds is 1. The molecule has 0 spiro atoms. The van der Waals surface area contributed by atoms with Gasteiger partial charge in [-0.3, -0.25) is 0 Å². The SMILES string of the molecule is C[C@@H]1OC/C(=C\c2ccccc2)[C@@H]1C. The predicted octanol–water partition coefficient (Wildman–Crippen LogP) is 3.12. The summed E-state index contributed by atoms with van der Waals surface area (Å²) < 4.78 is 5.58. The number of ether oxygens (including phenoxy) is 1. The fourth-order valence-corrected chi connectivity index (χ4v) is 1.74. The molecule has 1 heterocycles. The van der Waals surface area contributed by atoms with Crippen molar-refractivity contribution in [2.24, 2.45) is 5.92 Å². The van der Waals surface area contributed by atoms with Gasteiger partial charge in [-0.1, -0.05) is 43.3 Å². The third-order valence-electron chi connectivity index (χ3n) is 2.95. The molecule has 1 saturated heterocycles. The molecule has 2 atom stereocenters. The summed E-state index contributed by atoms with van der Waals surface area (Å²) >= 11 is 0. The van der Waals surface area contributed by atoms with Crippen LogP contribution in [0.1, 0.15) is 19.4 Å². The zero-order valence-electron chi connectivity index (χ0n) is 8.73. The summed E-state index contributed by atoms with van der Waals surface area (Å²) in [6.45, 7) is 5.15. The van der Waals surface area contributed by atoms with Crippen molar-refractivity contribution in [1.82, 2.24) is 0 Å². The summed E-state index contributed by atoms with van der Waals surface area (Å²) in [6.07, 6.45) is 2.61. The molecule has 1 fully saturated rings. The third-order valence-corrected chi connectivity index (χ3v) is 2.95. The molecule has 1 heteroatoms. The maximum Gasteiger partial charge on any atom is 0.0687 e. The molecule has 74 valence electrons. The highest BCUT2D eigenvalue weighted by molar-refractivity contribution is 5.54. The van der Waals surface area contributed by atoms with E-state index < -0.39 is 0 Å². The molecule has 0 unspecified atom stereocenters. The Kier molecular flexibility index (Phi) is 2.69. The monoisotopic (exact) mass is 188 g/mol. The second-order valence-corrected chi connectivity index (χ2v) is 3.93. The summed E-state index contributed by atoms with van der Waals surface area (Å²) in [6, 6.07) is 10.4. The van der Waals surface area contributed by atoms with Crippen molar-refractivity contribution in [1.29, 1.82) is 0 Å². The molecule has 0 radical (unpaired) electrons. The molecule has 0 aliphatic carbocycles. The molecule has 14 heavy (non-hydrogen) atoms. The van der Waals surface area contributed by atoms with Crippen LogP contribution in [0.4, 0.5) is 0 Å². The summed E-state index contributed by atoms with van der Waals surface area (Å²) in [5.41, 5.74) is 2.68. The third kappa shape index (κ3) is 1.88. The van der Waals surface area contributed by atoms with E-state index in [1.807, 2.05) is 6.07 Å². The van der Waals surface area contributed by atoms with Crippen LogP contribution in [0.25, 0.3) is 6.08 Å². The molecular formula is C13H16O. The van der Waals surface area contributed by atoms with Crippen LogP contribution < -0.4 is 0 Å². The lowest BCUT2D eigenvalue weighted by molar-refractivity contribution is 0.110. The number of hydrogen-bond donors (Lipinski definition) is 0. The fraction of sp³-hybridized carbons (Fsp3) is 0.385. The Hall–Kier alpha value is -1.08. The summed E-state index contributed by atoms with van der Waals surface area (Å²) in [5, 5.41) is 0. The topological polar surface area (TPSA) is 9.23 Å². The molecule has 1 nitrogen and oxygen atoms in total. The van der Waals surface area contributed by atoms with Gasteiger partial charge in [-0.05, 0) is 18.1 Å². The van der Waals surface area contributed by atoms with Gasteiger partial charge in [0.1, 0.15) is 0 Å². The fourth-order valence-electron chi connectivity index (χ4n) is 1.74. The van der Waals surface area contributed by atoms with Gasteiger partial charge in [0.25, 0.3) is 0 Å². The first kappa shape index (κ1) is 9.47. The van der Waals surface area contributed by atoms with Crippen molar-refractivity contribution in [3.8, 4) is 0 Å². The van der Waals surface area contributed by atoms with Crippen molar-refractivity contribution in [2.45, 2.75) is 20.0 Å².